The normalized spacial score (nSPS) is 9.90. The highest BCUT2D eigenvalue weighted by Gasteiger charge is 2.08. The van der Waals surface area contributed by atoms with E-state index in [0.717, 1.165) is 0 Å². The van der Waals surface area contributed by atoms with E-state index in [-0.39, 0.29) is 12.5 Å². The Morgan fingerprint density at radius 2 is 1.75 bits per heavy atom. The van der Waals surface area contributed by atoms with Gasteiger partial charge in [0.25, 0.3) is 5.91 Å². The molecule has 1 rings (SSSR count). The maximum absolute atomic E-state index is 11.6. The number of carbonyl (C=O) groups is 3. The zero-order valence-corrected chi connectivity index (χ0v) is 11.3. The van der Waals surface area contributed by atoms with Crippen LogP contribution in [-0.4, -0.2) is 55.1 Å². The van der Waals surface area contributed by atoms with E-state index in [1.165, 1.54) is 4.90 Å². The molecule has 0 heterocycles. The zero-order valence-electron chi connectivity index (χ0n) is 11.3. The second-order valence-electron chi connectivity index (χ2n) is 4.21. The van der Waals surface area contributed by atoms with Gasteiger partial charge in [-0.2, -0.15) is 0 Å². The number of aliphatic carboxylic acids is 1. The molecule has 108 valence electrons. The summed E-state index contributed by atoms with van der Waals surface area (Å²) in [4.78, 5) is 34.7. The van der Waals surface area contributed by atoms with Crippen LogP contribution in [-0.2, 0) is 14.3 Å². The molecule has 0 unspecified atom stereocenters. The van der Waals surface area contributed by atoms with Gasteiger partial charge in [-0.15, -0.1) is 0 Å². The first-order chi connectivity index (χ1) is 9.40. The Kier molecular flexibility index (Phi) is 5.67. The minimum Gasteiger partial charge on any atom is -0.480 e. The lowest BCUT2D eigenvalue weighted by Crippen LogP contribution is -2.22. The third kappa shape index (κ3) is 5.07. The van der Waals surface area contributed by atoms with Crippen LogP contribution in [0.15, 0.2) is 24.3 Å². The second-order valence-corrected chi connectivity index (χ2v) is 4.21. The highest BCUT2D eigenvalue weighted by atomic mass is 16.5. The van der Waals surface area contributed by atoms with Gasteiger partial charge in [0.05, 0.1) is 0 Å². The molecule has 1 aromatic carbocycles. The molecule has 0 fully saturated rings. The number of anilines is 1. The lowest BCUT2D eigenvalue weighted by atomic mass is 10.2. The van der Waals surface area contributed by atoms with Gasteiger partial charge < -0.3 is 20.1 Å². The van der Waals surface area contributed by atoms with Gasteiger partial charge in [-0.1, -0.05) is 0 Å². The number of hydrogen-bond acceptors (Lipinski definition) is 4. The summed E-state index contributed by atoms with van der Waals surface area (Å²) >= 11 is 0. The van der Waals surface area contributed by atoms with E-state index in [1.807, 2.05) is 0 Å². The average Bonchev–Trinajstić information content (AvgIpc) is 2.38. The molecule has 0 radical (unpaired) electrons. The van der Waals surface area contributed by atoms with Gasteiger partial charge in [0.1, 0.15) is 13.2 Å². The van der Waals surface area contributed by atoms with E-state index >= 15 is 0 Å². The molecule has 1 aromatic rings. The van der Waals surface area contributed by atoms with Gasteiger partial charge in [-0.3, -0.25) is 9.59 Å². The van der Waals surface area contributed by atoms with Crippen molar-refractivity contribution in [2.75, 3.05) is 32.6 Å². The number of benzene rings is 1. The summed E-state index contributed by atoms with van der Waals surface area (Å²) in [6.07, 6.45) is 0. The first-order valence-corrected chi connectivity index (χ1v) is 5.81. The van der Waals surface area contributed by atoms with Crippen molar-refractivity contribution < 1.29 is 24.2 Å². The molecule has 20 heavy (non-hydrogen) atoms. The predicted molar refractivity (Wildman–Crippen MR) is 71.5 cm³/mol. The van der Waals surface area contributed by atoms with Crippen LogP contribution in [0.5, 0.6) is 0 Å². The van der Waals surface area contributed by atoms with Gasteiger partial charge >= 0.3 is 5.97 Å². The van der Waals surface area contributed by atoms with Gasteiger partial charge in [0, 0.05) is 25.3 Å². The Morgan fingerprint density at radius 3 is 2.25 bits per heavy atom. The fourth-order valence-electron chi connectivity index (χ4n) is 1.38. The van der Waals surface area contributed by atoms with Crippen LogP contribution < -0.4 is 5.32 Å². The molecule has 0 saturated heterocycles. The van der Waals surface area contributed by atoms with Crippen LogP contribution in [0.1, 0.15) is 10.4 Å². The second kappa shape index (κ2) is 7.25. The summed E-state index contributed by atoms with van der Waals surface area (Å²) in [6, 6.07) is 6.36. The third-order valence-corrected chi connectivity index (χ3v) is 2.28. The minimum absolute atomic E-state index is 0.132. The van der Waals surface area contributed by atoms with Crippen molar-refractivity contribution in [2.24, 2.45) is 0 Å². The molecule has 2 amide bonds. The monoisotopic (exact) mass is 280 g/mol. The lowest BCUT2D eigenvalue weighted by molar-refractivity contribution is -0.143. The third-order valence-electron chi connectivity index (χ3n) is 2.28. The number of nitrogens with one attached hydrogen (secondary N) is 1. The SMILES string of the molecule is CN(C)C(=O)c1ccc(NC(=O)COCC(=O)O)cc1. The van der Waals surface area contributed by atoms with Crippen LogP contribution in [0.4, 0.5) is 5.69 Å². The highest BCUT2D eigenvalue weighted by Crippen LogP contribution is 2.10. The Hall–Kier alpha value is -2.41. The number of hydrogen-bond donors (Lipinski definition) is 2. The molecule has 0 bridgehead atoms. The molecular formula is C13H16N2O5. The minimum atomic E-state index is -1.13. The number of amides is 2. The van der Waals surface area contributed by atoms with Crippen molar-refractivity contribution in [3.8, 4) is 0 Å². The summed E-state index contributed by atoms with van der Waals surface area (Å²) in [5, 5.41) is 10.9. The fourth-order valence-corrected chi connectivity index (χ4v) is 1.38. The van der Waals surface area contributed by atoms with Gasteiger partial charge in [0.2, 0.25) is 5.91 Å². The van der Waals surface area contributed by atoms with E-state index < -0.39 is 18.5 Å². The van der Waals surface area contributed by atoms with Crippen LogP contribution in [0.3, 0.4) is 0 Å². The summed E-state index contributed by atoms with van der Waals surface area (Å²) < 4.78 is 4.65. The molecule has 0 spiro atoms. The number of rotatable bonds is 6. The quantitative estimate of drug-likeness (QED) is 0.787. The summed E-state index contributed by atoms with van der Waals surface area (Å²) in [5.41, 5.74) is 1.01. The van der Waals surface area contributed by atoms with Crippen molar-refractivity contribution in [2.45, 2.75) is 0 Å². The van der Waals surface area contributed by atoms with Crippen molar-refractivity contribution in [1.82, 2.24) is 4.90 Å². The largest absolute Gasteiger partial charge is 0.480 e. The van der Waals surface area contributed by atoms with Gasteiger partial charge in [0.15, 0.2) is 0 Å². The van der Waals surface area contributed by atoms with E-state index in [1.54, 1.807) is 38.4 Å². The molecule has 0 aliphatic heterocycles. The number of carboxylic acids is 1. The van der Waals surface area contributed by atoms with Crippen molar-refractivity contribution >= 4 is 23.5 Å². The van der Waals surface area contributed by atoms with Gasteiger partial charge in [-0.25, -0.2) is 4.79 Å². The van der Waals surface area contributed by atoms with Gasteiger partial charge in [-0.05, 0) is 24.3 Å². The maximum atomic E-state index is 11.6. The van der Waals surface area contributed by atoms with Crippen molar-refractivity contribution in [1.29, 1.82) is 0 Å². The summed E-state index contributed by atoms with van der Waals surface area (Å²) in [7, 11) is 3.30. The molecule has 2 N–H and O–H groups in total. The molecule has 0 atom stereocenters. The average molecular weight is 280 g/mol. The smallest absolute Gasteiger partial charge is 0.329 e. The number of ether oxygens (including phenoxy) is 1. The molecule has 0 aromatic heterocycles. The van der Waals surface area contributed by atoms with Crippen molar-refractivity contribution in [3.05, 3.63) is 29.8 Å². The van der Waals surface area contributed by atoms with E-state index in [2.05, 4.69) is 10.1 Å². The zero-order chi connectivity index (χ0) is 15.1. The molecule has 0 saturated carbocycles. The predicted octanol–water partition coefficient (Wildman–Crippen LogP) is 0.428. The number of carbonyl (C=O) groups excluding carboxylic acids is 2. The van der Waals surface area contributed by atoms with E-state index in [4.69, 9.17) is 5.11 Å². The fraction of sp³-hybridized carbons (Fsp3) is 0.308. The lowest BCUT2D eigenvalue weighted by Gasteiger charge is -2.11. The molecular weight excluding hydrogens is 264 g/mol. The van der Waals surface area contributed by atoms with Crippen LogP contribution in [0, 0.1) is 0 Å². The topological polar surface area (TPSA) is 95.9 Å². The first kappa shape index (κ1) is 15.6. The van der Waals surface area contributed by atoms with E-state index in [9.17, 15) is 14.4 Å². The van der Waals surface area contributed by atoms with Crippen LogP contribution >= 0.6 is 0 Å². The van der Waals surface area contributed by atoms with E-state index in [0.29, 0.717) is 11.3 Å². The highest BCUT2D eigenvalue weighted by molar-refractivity contribution is 5.95. The summed E-state index contributed by atoms with van der Waals surface area (Å²) in [5.74, 6) is -1.73. The van der Waals surface area contributed by atoms with Crippen LogP contribution in [0.2, 0.25) is 0 Å². The Bertz CT molecular complexity index is 496. The van der Waals surface area contributed by atoms with Crippen molar-refractivity contribution in [3.63, 3.8) is 0 Å². The standard InChI is InChI=1S/C13H16N2O5/c1-15(2)13(19)9-3-5-10(6-4-9)14-11(16)7-20-8-12(17)18/h3-6H,7-8H2,1-2H3,(H,14,16)(H,17,18). The molecule has 7 nitrogen and oxygen atoms in total. The maximum Gasteiger partial charge on any atom is 0.329 e. The Balaban J connectivity index is 2.51. The first-order valence-electron chi connectivity index (χ1n) is 5.81. The summed E-state index contributed by atoms with van der Waals surface area (Å²) in [6.45, 7) is -0.867. The number of nitrogens with zero attached hydrogens (tertiary/aromatic N) is 1. The number of carboxylic acid groups (broad SMARTS) is 1. The molecule has 0 aliphatic rings. The van der Waals surface area contributed by atoms with Crippen LogP contribution in [0.25, 0.3) is 0 Å². The Labute approximate surface area is 116 Å². The molecule has 7 heteroatoms. The molecule has 0 aliphatic carbocycles. The Morgan fingerprint density at radius 1 is 1.15 bits per heavy atom.